The SMILES string of the molecule is CC(C)(C)OC(=O)NCCCCCCC(=O)NCc1cccc2c1C(=O)N(C1CCC(=O)NC1=O)C2=O. The van der Waals surface area contributed by atoms with E-state index in [9.17, 15) is 28.8 Å². The highest BCUT2D eigenvalue weighted by atomic mass is 16.6. The number of imide groups is 2. The van der Waals surface area contributed by atoms with E-state index < -0.39 is 41.4 Å². The monoisotopic (exact) mass is 514 g/mol. The van der Waals surface area contributed by atoms with Gasteiger partial charge >= 0.3 is 6.09 Å². The maximum Gasteiger partial charge on any atom is 0.407 e. The highest BCUT2D eigenvalue weighted by molar-refractivity contribution is 6.24. The van der Waals surface area contributed by atoms with Crippen molar-refractivity contribution in [3.63, 3.8) is 0 Å². The summed E-state index contributed by atoms with van der Waals surface area (Å²) in [5.74, 6) is -2.45. The van der Waals surface area contributed by atoms with Crippen molar-refractivity contribution in [2.45, 2.75) is 83.9 Å². The molecule has 0 spiro atoms. The Morgan fingerprint density at radius 3 is 2.46 bits per heavy atom. The minimum atomic E-state index is -1.04. The van der Waals surface area contributed by atoms with Gasteiger partial charge in [-0.05, 0) is 51.7 Å². The number of unbranched alkanes of at least 4 members (excludes halogenated alkanes) is 3. The van der Waals surface area contributed by atoms with Crippen molar-refractivity contribution < 1.29 is 33.5 Å². The first-order valence-electron chi connectivity index (χ1n) is 12.5. The molecule has 0 bridgehead atoms. The fraction of sp³-hybridized carbons (Fsp3) is 0.538. The van der Waals surface area contributed by atoms with E-state index in [0.717, 1.165) is 24.2 Å². The van der Waals surface area contributed by atoms with Crippen molar-refractivity contribution in [1.29, 1.82) is 0 Å². The molecule has 6 amide bonds. The average molecular weight is 515 g/mol. The van der Waals surface area contributed by atoms with Crippen LogP contribution in [0.15, 0.2) is 18.2 Å². The van der Waals surface area contributed by atoms with Gasteiger partial charge in [0.25, 0.3) is 11.8 Å². The molecule has 200 valence electrons. The fourth-order valence-electron chi connectivity index (χ4n) is 4.28. The van der Waals surface area contributed by atoms with E-state index in [1.54, 1.807) is 32.9 Å². The Hall–Kier alpha value is -3.76. The van der Waals surface area contributed by atoms with Crippen molar-refractivity contribution in [3.05, 3.63) is 34.9 Å². The number of carbonyl (C=O) groups excluding carboxylic acids is 6. The zero-order valence-corrected chi connectivity index (χ0v) is 21.5. The van der Waals surface area contributed by atoms with Gasteiger partial charge in [0.05, 0.1) is 11.1 Å². The number of benzene rings is 1. The van der Waals surface area contributed by atoms with Crippen molar-refractivity contribution in [1.82, 2.24) is 20.9 Å². The average Bonchev–Trinajstić information content (AvgIpc) is 3.06. The molecule has 2 aliphatic rings. The minimum Gasteiger partial charge on any atom is -0.444 e. The van der Waals surface area contributed by atoms with E-state index in [-0.39, 0.29) is 36.4 Å². The number of ether oxygens (including phenoxy) is 1. The highest BCUT2D eigenvalue weighted by Gasteiger charge is 2.45. The molecule has 0 aromatic heterocycles. The van der Waals surface area contributed by atoms with Gasteiger partial charge in [0.1, 0.15) is 11.6 Å². The molecular weight excluding hydrogens is 480 g/mol. The zero-order valence-electron chi connectivity index (χ0n) is 21.5. The molecule has 3 N–H and O–H groups in total. The third-order valence-corrected chi connectivity index (χ3v) is 6.03. The number of hydrogen-bond acceptors (Lipinski definition) is 7. The number of piperidine rings is 1. The molecule has 11 heteroatoms. The molecule has 2 heterocycles. The number of fused-ring (bicyclic) bond motifs is 1. The van der Waals surface area contributed by atoms with Gasteiger partial charge in [0.2, 0.25) is 17.7 Å². The van der Waals surface area contributed by atoms with Crippen molar-refractivity contribution >= 4 is 35.6 Å². The lowest BCUT2D eigenvalue weighted by molar-refractivity contribution is -0.136. The predicted octanol–water partition coefficient (Wildman–Crippen LogP) is 2.18. The first-order valence-corrected chi connectivity index (χ1v) is 12.5. The Bertz CT molecular complexity index is 1090. The van der Waals surface area contributed by atoms with Crippen LogP contribution in [0.5, 0.6) is 0 Å². The normalized spacial score (nSPS) is 17.4. The van der Waals surface area contributed by atoms with Crippen molar-refractivity contribution in [3.8, 4) is 0 Å². The van der Waals surface area contributed by atoms with Crippen LogP contribution in [-0.4, -0.2) is 58.7 Å². The number of amides is 6. The second-order valence-corrected chi connectivity index (χ2v) is 10.2. The van der Waals surface area contributed by atoms with Crippen molar-refractivity contribution in [2.75, 3.05) is 6.54 Å². The number of nitrogens with one attached hydrogen (secondary N) is 3. The molecule has 0 aliphatic carbocycles. The number of carbonyl (C=O) groups is 6. The smallest absolute Gasteiger partial charge is 0.407 e. The van der Waals surface area contributed by atoms with E-state index in [4.69, 9.17) is 4.74 Å². The Balaban J connectivity index is 1.43. The van der Waals surface area contributed by atoms with Crippen LogP contribution in [-0.2, 0) is 25.7 Å². The van der Waals surface area contributed by atoms with E-state index in [0.29, 0.717) is 24.9 Å². The van der Waals surface area contributed by atoms with Crippen LogP contribution in [0.3, 0.4) is 0 Å². The molecule has 37 heavy (non-hydrogen) atoms. The summed E-state index contributed by atoms with van der Waals surface area (Å²) in [6, 6.07) is 3.78. The second-order valence-electron chi connectivity index (χ2n) is 10.2. The summed E-state index contributed by atoms with van der Waals surface area (Å²) in [6.07, 6.45) is 3.11. The molecule has 1 fully saturated rings. The molecule has 1 atom stereocenters. The number of alkyl carbamates (subject to hydrolysis) is 1. The Morgan fingerprint density at radius 1 is 1.03 bits per heavy atom. The quantitative estimate of drug-likeness (QED) is 0.320. The third kappa shape index (κ3) is 7.37. The standard InChI is InChI=1S/C26H34N4O7/c1-26(2,3)37-25(36)27-14-7-5-4-6-11-19(31)28-15-16-9-8-10-17-21(16)24(35)30(23(17)34)18-12-13-20(32)29-22(18)33/h8-10,18H,4-7,11-15H2,1-3H3,(H,27,36)(H,28,31)(H,29,32,33). The summed E-state index contributed by atoms with van der Waals surface area (Å²) in [5, 5.41) is 7.67. The van der Waals surface area contributed by atoms with Gasteiger partial charge in [-0.25, -0.2) is 4.79 Å². The molecule has 1 aromatic rings. The van der Waals surface area contributed by atoms with E-state index in [2.05, 4.69) is 16.0 Å². The van der Waals surface area contributed by atoms with Gasteiger partial charge < -0.3 is 15.4 Å². The summed E-state index contributed by atoms with van der Waals surface area (Å²) < 4.78 is 5.17. The first kappa shape index (κ1) is 27.8. The van der Waals surface area contributed by atoms with E-state index in [1.807, 2.05) is 0 Å². The number of hydrogen-bond donors (Lipinski definition) is 3. The van der Waals surface area contributed by atoms with Gasteiger partial charge in [-0.3, -0.25) is 34.2 Å². The molecule has 0 radical (unpaired) electrons. The number of nitrogens with zero attached hydrogens (tertiary/aromatic N) is 1. The van der Waals surface area contributed by atoms with E-state index in [1.165, 1.54) is 6.07 Å². The molecule has 2 aliphatic heterocycles. The van der Waals surface area contributed by atoms with Crippen molar-refractivity contribution in [2.24, 2.45) is 0 Å². The lowest BCUT2D eigenvalue weighted by Gasteiger charge is -2.27. The van der Waals surface area contributed by atoms with Crippen LogP contribution in [0.2, 0.25) is 0 Å². The maximum atomic E-state index is 13.1. The molecular formula is C26H34N4O7. The molecule has 11 nitrogen and oxygen atoms in total. The van der Waals surface area contributed by atoms with Crippen LogP contribution in [0.1, 0.15) is 92.0 Å². The minimum absolute atomic E-state index is 0.0486. The van der Waals surface area contributed by atoms with Gasteiger partial charge in [-0.2, -0.15) is 0 Å². The van der Waals surface area contributed by atoms with Crippen LogP contribution < -0.4 is 16.0 Å². The summed E-state index contributed by atoms with van der Waals surface area (Å²) in [4.78, 5) is 74.5. The Kier molecular flexibility index (Phi) is 9.01. The third-order valence-electron chi connectivity index (χ3n) is 6.03. The van der Waals surface area contributed by atoms with Crippen LogP contribution in [0.25, 0.3) is 0 Å². The van der Waals surface area contributed by atoms with E-state index >= 15 is 0 Å². The van der Waals surface area contributed by atoms with Gasteiger partial charge in [-0.15, -0.1) is 0 Å². The molecule has 1 aromatic carbocycles. The lowest BCUT2D eigenvalue weighted by atomic mass is 10.0. The lowest BCUT2D eigenvalue weighted by Crippen LogP contribution is -2.54. The van der Waals surface area contributed by atoms with Crippen LogP contribution >= 0.6 is 0 Å². The Labute approximate surface area is 215 Å². The molecule has 0 saturated carbocycles. The Morgan fingerprint density at radius 2 is 1.76 bits per heavy atom. The second kappa shape index (κ2) is 12.0. The van der Waals surface area contributed by atoms with Gasteiger partial charge in [0, 0.05) is 25.9 Å². The molecule has 3 rings (SSSR count). The summed E-state index contributed by atoms with van der Waals surface area (Å²) in [6.45, 7) is 5.98. The molecule has 1 unspecified atom stereocenters. The van der Waals surface area contributed by atoms with Crippen LogP contribution in [0.4, 0.5) is 4.79 Å². The predicted molar refractivity (Wildman–Crippen MR) is 132 cm³/mol. The maximum absolute atomic E-state index is 13.1. The van der Waals surface area contributed by atoms with Gasteiger partial charge in [-0.1, -0.05) is 25.0 Å². The molecule has 1 saturated heterocycles. The summed E-state index contributed by atoms with van der Waals surface area (Å²) >= 11 is 0. The van der Waals surface area contributed by atoms with Crippen LogP contribution in [0, 0.1) is 0 Å². The fourth-order valence-corrected chi connectivity index (χ4v) is 4.28. The number of rotatable bonds is 10. The van der Waals surface area contributed by atoms with Gasteiger partial charge in [0.15, 0.2) is 0 Å². The summed E-state index contributed by atoms with van der Waals surface area (Å²) in [5.41, 5.74) is 0.316. The largest absolute Gasteiger partial charge is 0.444 e. The first-order chi connectivity index (χ1) is 17.5. The zero-order chi connectivity index (χ0) is 27.2. The summed E-state index contributed by atoms with van der Waals surface area (Å²) in [7, 11) is 0. The highest BCUT2D eigenvalue weighted by Crippen LogP contribution is 2.30. The topological polar surface area (TPSA) is 151 Å².